The van der Waals surface area contributed by atoms with Gasteiger partial charge < -0.3 is 18.9 Å². The van der Waals surface area contributed by atoms with Gasteiger partial charge in [0.05, 0.1) is 42.5 Å². The first kappa shape index (κ1) is 28.4. The molecular weight excluding hydrogens is 512 g/mol. The molecule has 3 aromatic carbocycles. The normalized spacial score (nSPS) is 10.6. The summed E-state index contributed by atoms with van der Waals surface area (Å²) in [4.78, 5) is 33.5. The summed E-state index contributed by atoms with van der Waals surface area (Å²) >= 11 is 0. The molecule has 0 saturated heterocycles. The van der Waals surface area contributed by atoms with Crippen molar-refractivity contribution in [3.8, 4) is 28.7 Å². The average Bonchev–Trinajstić information content (AvgIpc) is 2.93. The third-order valence-corrected chi connectivity index (χ3v) is 5.10. The topological polar surface area (TPSA) is 165 Å². The lowest BCUT2D eigenvalue weighted by Crippen LogP contribution is -2.17. The lowest BCUT2D eigenvalue weighted by Gasteiger charge is -2.12. The fourth-order valence-corrected chi connectivity index (χ4v) is 3.29. The molecule has 0 atom stereocenters. The van der Waals surface area contributed by atoms with Gasteiger partial charge in [0.1, 0.15) is 0 Å². The molecule has 0 saturated carbocycles. The van der Waals surface area contributed by atoms with E-state index in [1.54, 1.807) is 37.3 Å². The van der Waals surface area contributed by atoms with Crippen molar-refractivity contribution in [3.63, 3.8) is 0 Å². The van der Waals surface area contributed by atoms with E-state index >= 15 is 0 Å². The van der Waals surface area contributed by atoms with E-state index in [0.29, 0.717) is 29.2 Å². The van der Waals surface area contributed by atoms with Gasteiger partial charge in [0.15, 0.2) is 23.0 Å². The first-order valence-corrected chi connectivity index (χ1v) is 11.8. The van der Waals surface area contributed by atoms with E-state index in [9.17, 15) is 25.0 Å². The third-order valence-electron chi connectivity index (χ3n) is 5.10. The van der Waals surface area contributed by atoms with Gasteiger partial charge in [-0.1, -0.05) is 6.92 Å². The standard InChI is InChI=1S/C26H26N4O9/c1-4-12-38-22-10-7-18(14-24(22)36-3)26(31)28-27-16-17-6-9-23(25(13-17)37-5-2)39-21-11-8-19(29(32)33)15-20(21)30(34)35/h6-11,13-16H,4-5,12H2,1-3H3,(H,28,31)/b27-16+. The van der Waals surface area contributed by atoms with Gasteiger partial charge in [-0.3, -0.25) is 25.0 Å². The highest BCUT2D eigenvalue weighted by atomic mass is 16.6. The number of non-ortho nitro benzene ring substituents is 1. The van der Waals surface area contributed by atoms with Crippen LogP contribution in [0.3, 0.4) is 0 Å². The molecule has 3 rings (SSSR count). The minimum Gasteiger partial charge on any atom is -0.493 e. The Morgan fingerprint density at radius 3 is 2.31 bits per heavy atom. The van der Waals surface area contributed by atoms with Crippen LogP contribution >= 0.6 is 0 Å². The maximum absolute atomic E-state index is 12.5. The molecule has 0 radical (unpaired) electrons. The SMILES string of the molecule is CCCOc1ccc(C(=O)N/N=C/c2ccc(Oc3ccc([N+](=O)[O-])cc3[N+](=O)[O-])c(OCC)c2)cc1OC. The van der Waals surface area contributed by atoms with Gasteiger partial charge in [-0.25, -0.2) is 5.43 Å². The van der Waals surface area contributed by atoms with Gasteiger partial charge in [0.2, 0.25) is 5.75 Å². The van der Waals surface area contributed by atoms with Gasteiger partial charge in [-0.15, -0.1) is 0 Å². The van der Waals surface area contributed by atoms with Crippen LogP contribution in [0, 0.1) is 20.2 Å². The van der Waals surface area contributed by atoms with E-state index in [2.05, 4.69) is 10.5 Å². The van der Waals surface area contributed by atoms with Crippen molar-refractivity contribution >= 4 is 23.5 Å². The molecule has 0 heterocycles. The summed E-state index contributed by atoms with van der Waals surface area (Å²) in [5.74, 6) is 0.679. The number of carbonyl (C=O) groups excluding carboxylic acids is 1. The Labute approximate surface area is 223 Å². The van der Waals surface area contributed by atoms with E-state index in [1.807, 2.05) is 6.92 Å². The molecule has 0 aliphatic rings. The summed E-state index contributed by atoms with van der Waals surface area (Å²) in [5, 5.41) is 26.4. The highest BCUT2D eigenvalue weighted by Gasteiger charge is 2.22. The van der Waals surface area contributed by atoms with Crippen LogP contribution in [0.25, 0.3) is 0 Å². The van der Waals surface area contributed by atoms with Crippen molar-refractivity contribution in [2.24, 2.45) is 5.10 Å². The summed E-state index contributed by atoms with van der Waals surface area (Å²) in [6.45, 7) is 4.50. The third kappa shape index (κ3) is 7.41. The molecular formula is C26H26N4O9. The molecule has 1 N–H and O–H groups in total. The first-order valence-electron chi connectivity index (χ1n) is 11.8. The maximum Gasteiger partial charge on any atom is 0.318 e. The molecule has 204 valence electrons. The zero-order chi connectivity index (χ0) is 28.4. The van der Waals surface area contributed by atoms with E-state index < -0.39 is 27.1 Å². The number of hydrogen-bond acceptors (Lipinski definition) is 10. The lowest BCUT2D eigenvalue weighted by atomic mass is 10.2. The number of nitro groups is 2. The number of nitro benzene ring substituents is 2. The van der Waals surface area contributed by atoms with Crippen LogP contribution < -0.4 is 24.4 Å². The molecule has 39 heavy (non-hydrogen) atoms. The van der Waals surface area contributed by atoms with Crippen LogP contribution in [0.15, 0.2) is 59.7 Å². The van der Waals surface area contributed by atoms with E-state index in [4.69, 9.17) is 18.9 Å². The predicted molar refractivity (Wildman–Crippen MR) is 141 cm³/mol. The molecule has 3 aromatic rings. The van der Waals surface area contributed by atoms with Crippen LogP contribution in [-0.2, 0) is 0 Å². The van der Waals surface area contributed by atoms with Gasteiger partial charge in [0.25, 0.3) is 11.6 Å². The minimum absolute atomic E-state index is 0.146. The summed E-state index contributed by atoms with van der Waals surface area (Å²) in [6, 6.07) is 12.5. The Kier molecular flexibility index (Phi) is 9.73. The van der Waals surface area contributed by atoms with Crippen molar-refractivity contribution in [3.05, 3.63) is 86.0 Å². The number of carbonyl (C=O) groups is 1. The van der Waals surface area contributed by atoms with Crippen LogP contribution in [0.5, 0.6) is 28.7 Å². The molecule has 1 amide bonds. The number of amides is 1. The molecule has 0 aliphatic carbocycles. The monoisotopic (exact) mass is 538 g/mol. The molecule has 0 spiro atoms. The van der Waals surface area contributed by atoms with Crippen molar-refractivity contribution in [2.45, 2.75) is 20.3 Å². The number of hydrogen-bond donors (Lipinski definition) is 1. The van der Waals surface area contributed by atoms with Crippen molar-refractivity contribution in [1.82, 2.24) is 5.43 Å². The molecule has 13 nitrogen and oxygen atoms in total. The van der Waals surface area contributed by atoms with Gasteiger partial charge >= 0.3 is 5.69 Å². The predicted octanol–water partition coefficient (Wildman–Crippen LogP) is 5.26. The Balaban J connectivity index is 1.76. The number of rotatable bonds is 13. The van der Waals surface area contributed by atoms with Crippen LogP contribution in [0.4, 0.5) is 11.4 Å². The number of nitrogens with one attached hydrogen (secondary N) is 1. The minimum atomic E-state index is -0.770. The van der Waals surface area contributed by atoms with Crippen molar-refractivity contribution < 1.29 is 33.6 Å². The second-order valence-corrected chi connectivity index (χ2v) is 7.82. The smallest absolute Gasteiger partial charge is 0.318 e. The Bertz CT molecular complexity index is 1390. The number of benzene rings is 3. The Morgan fingerprint density at radius 2 is 1.64 bits per heavy atom. The fourth-order valence-electron chi connectivity index (χ4n) is 3.29. The molecule has 0 unspecified atom stereocenters. The van der Waals surface area contributed by atoms with Gasteiger partial charge in [0, 0.05) is 11.6 Å². The molecule has 0 aliphatic heterocycles. The highest BCUT2D eigenvalue weighted by Crippen LogP contribution is 2.38. The highest BCUT2D eigenvalue weighted by molar-refractivity contribution is 5.95. The number of nitrogens with zero attached hydrogens (tertiary/aromatic N) is 3. The summed E-state index contributed by atoms with van der Waals surface area (Å²) in [6.07, 6.45) is 2.21. The Hall–Kier alpha value is -5.20. The molecule has 0 aromatic heterocycles. The van der Waals surface area contributed by atoms with E-state index in [-0.39, 0.29) is 23.9 Å². The molecule has 0 bridgehead atoms. The number of hydrazone groups is 1. The quantitative estimate of drug-likeness (QED) is 0.174. The number of methoxy groups -OCH3 is 1. The zero-order valence-electron chi connectivity index (χ0n) is 21.4. The summed E-state index contributed by atoms with van der Waals surface area (Å²) < 4.78 is 22.2. The van der Waals surface area contributed by atoms with Crippen molar-refractivity contribution in [2.75, 3.05) is 20.3 Å². The molecule has 13 heteroatoms. The van der Waals surface area contributed by atoms with Crippen molar-refractivity contribution in [1.29, 1.82) is 0 Å². The fraction of sp³-hybridized carbons (Fsp3) is 0.231. The van der Waals surface area contributed by atoms with E-state index in [1.165, 1.54) is 19.4 Å². The first-order chi connectivity index (χ1) is 18.8. The summed E-state index contributed by atoms with van der Waals surface area (Å²) in [5.41, 5.74) is 2.28. The van der Waals surface area contributed by atoms with Crippen LogP contribution in [0.1, 0.15) is 36.2 Å². The van der Waals surface area contributed by atoms with Gasteiger partial charge in [-0.2, -0.15) is 5.10 Å². The van der Waals surface area contributed by atoms with Gasteiger partial charge in [-0.05, 0) is 61.4 Å². The largest absolute Gasteiger partial charge is 0.493 e. The molecule has 0 fully saturated rings. The van der Waals surface area contributed by atoms with Crippen LogP contribution in [0.2, 0.25) is 0 Å². The summed E-state index contributed by atoms with van der Waals surface area (Å²) in [7, 11) is 1.48. The maximum atomic E-state index is 12.5. The second kappa shape index (κ2) is 13.4. The second-order valence-electron chi connectivity index (χ2n) is 7.82. The van der Waals surface area contributed by atoms with Crippen LogP contribution in [-0.4, -0.2) is 42.3 Å². The average molecular weight is 539 g/mol. The lowest BCUT2D eigenvalue weighted by molar-refractivity contribution is -0.394. The zero-order valence-corrected chi connectivity index (χ0v) is 21.4. The Morgan fingerprint density at radius 1 is 0.897 bits per heavy atom. The van der Waals surface area contributed by atoms with E-state index in [0.717, 1.165) is 24.6 Å². The number of ether oxygens (including phenoxy) is 4.